The maximum Gasteiger partial charge on any atom is 0.274 e. The van der Waals surface area contributed by atoms with Crippen molar-refractivity contribution in [3.8, 4) is 16.3 Å². The molecule has 4 rings (SSSR count). The van der Waals surface area contributed by atoms with Crippen molar-refractivity contribution in [1.82, 2.24) is 15.1 Å². The number of nitrogens with one attached hydrogen (secondary N) is 1. The average molecular weight is 410 g/mol. The van der Waals surface area contributed by atoms with Crippen molar-refractivity contribution in [2.24, 2.45) is 0 Å². The molecule has 0 radical (unpaired) electrons. The molecule has 1 amide bonds. The van der Waals surface area contributed by atoms with Crippen LogP contribution in [0.25, 0.3) is 10.6 Å². The fourth-order valence-electron chi connectivity index (χ4n) is 2.98. The molecule has 3 aromatic heterocycles. The van der Waals surface area contributed by atoms with Crippen LogP contribution in [0.15, 0.2) is 65.4 Å². The van der Waals surface area contributed by atoms with Crippen molar-refractivity contribution in [3.05, 3.63) is 81.5 Å². The van der Waals surface area contributed by atoms with Gasteiger partial charge in [-0.05, 0) is 35.0 Å². The van der Waals surface area contributed by atoms with E-state index < -0.39 is 0 Å². The van der Waals surface area contributed by atoms with Gasteiger partial charge in [-0.25, -0.2) is 0 Å². The van der Waals surface area contributed by atoms with Gasteiger partial charge in [-0.1, -0.05) is 30.3 Å². The summed E-state index contributed by atoms with van der Waals surface area (Å²) in [5.41, 5.74) is 2.23. The van der Waals surface area contributed by atoms with Crippen molar-refractivity contribution in [3.63, 3.8) is 0 Å². The van der Waals surface area contributed by atoms with Gasteiger partial charge in [-0.15, -0.1) is 22.7 Å². The molecule has 1 aromatic carbocycles. The number of methoxy groups -OCH3 is 1. The number of amides is 1. The molecule has 3 heterocycles. The summed E-state index contributed by atoms with van der Waals surface area (Å²) in [4.78, 5) is 17.3. The Morgan fingerprint density at radius 2 is 1.89 bits per heavy atom. The van der Waals surface area contributed by atoms with Gasteiger partial charge in [0.15, 0.2) is 5.69 Å². The first-order valence-electron chi connectivity index (χ1n) is 8.77. The minimum absolute atomic E-state index is 0.113. The van der Waals surface area contributed by atoms with Crippen LogP contribution >= 0.6 is 22.7 Å². The SMILES string of the molecule is COc1ccccc1CN(Cc1cccs1)C(=O)c1cc(-c2cccs2)[nH]n1. The van der Waals surface area contributed by atoms with E-state index >= 15 is 0 Å². The van der Waals surface area contributed by atoms with Crippen LogP contribution in [-0.2, 0) is 13.1 Å². The van der Waals surface area contributed by atoms with Gasteiger partial charge in [0.2, 0.25) is 0 Å². The zero-order valence-electron chi connectivity index (χ0n) is 15.3. The first-order chi connectivity index (χ1) is 13.7. The highest BCUT2D eigenvalue weighted by Gasteiger charge is 2.21. The second-order valence-corrected chi connectivity index (χ2v) is 8.18. The van der Waals surface area contributed by atoms with Crippen molar-refractivity contribution < 1.29 is 9.53 Å². The van der Waals surface area contributed by atoms with Crippen molar-refractivity contribution >= 4 is 28.6 Å². The number of thiophene rings is 2. The highest BCUT2D eigenvalue weighted by Crippen LogP contribution is 2.25. The van der Waals surface area contributed by atoms with Gasteiger partial charge < -0.3 is 9.64 Å². The molecule has 4 aromatic rings. The number of hydrogen-bond donors (Lipinski definition) is 1. The van der Waals surface area contributed by atoms with Crippen LogP contribution in [0.2, 0.25) is 0 Å². The number of nitrogens with zero attached hydrogens (tertiary/aromatic N) is 2. The van der Waals surface area contributed by atoms with E-state index in [9.17, 15) is 4.79 Å². The Morgan fingerprint density at radius 3 is 2.64 bits per heavy atom. The fourth-order valence-corrected chi connectivity index (χ4v) is 4.39. The van der Waals surface area contributed by atoms with Gasteiger partial charge in [0, 0.05) is 10.4 Å². The molecule has 5 nitrogen and oxygen atoms in total. The van der Waals surface area contributed by atoms with E-state index in [-0.39, 0.29) is 5.91 Å². The molecule has 0 aliphatic carbocycles. The summed E-state index contributed by atoms with van der Waals surface area (Å²) in [6, 6.07) is 17.6. The minimum Gasteiger partial charge on any atom is -0.496 e. The molecule has 0 bridgehead atoms. The number of carbonyl (C=O) groups excluding carboxylic acids is 1. The Balaban J connectivity index is 1.62. The lowest BCUT2D eigenvalue weighted by molar-refractivity contribution is 0.0724. The van der Waals surface area contributed by atoms with Gasteiger partial charge in [0.05, 0.1) is 30.8 Å². The summed E-state index contributed by atoms with van der Waals surface area (Å²) in [5, 5.41) is 11.3. The van der Waals surface area contributed by atoms with Crippen molar-refractivity contribution in [2.75, 3.05) is 7.11 Å². The predicted octanol–water partition coefficient (Wildman–Crippen LogP) is 5.05. The van der Waals surface area contributed by atoms with Crippen LogP contribution < -0.4 is 4.74 Å². The first kappa shape index (κ1) is 18.5. The van der Waals surface area contributed by atoms with E-state index in [2.05, 4.69) is 10.2 Å². The summed E-state index contributed by atoms with van der Waals surface area (Å²) >= 11 is 3.25. The standard InChI is InChI=1S/C21H19N3O2S2/c1-26-19-8-3-2-6-15(19)13-24(14-16-7-4-10-27-16)21(25)18-12-17(22-23-18)20-9-5-11-28-20/h2-12H,13-14H2,1H3,(H,22,23). The molecule has 0 aliphatic rings. The van der Waals surface area contributed by atoms with E-state index in [1.165, 1.54) is 0 Å². The molecule has 0 fully saturated rings. The maximum atomic E-state index is 13.3. The third-order valence-corrected chi connectivity index (χ3v) is 6.12. The number of carbonyl (C=O) groups is 1. The number of H-pyrrole nitrogens is 1. The first-order valence-corrected chi connectivity index (χ1v) is 10.5. The number of ether oxygens (including phenoxy) is 1. The Kier molecular flexibility index (Phi) is 5.55. The molecule has 0 atom stereocenters. The second-order valence-electron chi connectivity index (χ2n) is 6.20. The molecule has 0 unspecified atom stereocenters. The third kappa shape index (κ3) is 4.00. The van der Waals surface area contributed by atoms with Gasteiger partial charge >= 0.3 is 0 Å². The molecule has 7 heteroatoms. The maximum absolute atomic E-state index is 13.3. The van der Waals surface area contributed by atoms with Crippen molar-refractivity contribution in [2.45, 2.75) is 13.1 Å². The van der Waals surface area contributed by atoms with E-state index in [4.69, 9.17) is 4.74 Å². The van der Waals surface area contributed by atoms with Gasteiger partial charge in [0.1, 0.15) is 5.75 Å². The van der Waals surface area contributed by atoms with Crippen LogP contribution in [-0.4, -0.2) is 28.1 Å². The minimum atomic E-state index is -0.113. The molecule has 0 saturated carbocycles. The summed E-state index contributed by atoms with van der Waals surface area (Å²) in [6.07, 6.45) is 0. The van der Waals surface area contributed by atoms with Crippen LogP contribution in [0.4, 0.5) is 0 Å². The van der Waals surface area contributed by atoms with Gasteiger partial charge in [-0.3, -0.25) is 9.89 Å². The zero-order chi connectivity index (χ0) is 19.3. The van der Waals surface area contributed by atoms with Crippen LogP contribution in [0.3, 0.4) is 0 Å². The summed E-state index contributed by atoms with van der Waals surface area (Å²) in [7, 11) is 1.64. The number of rotatable bonds is 7. The van der Waals surface area contributed by atoms with Crippen LogP contribution in [0.1, 0.15) is 20.9 Å². The molecule has 142 valence electrons. The summed E-state index contributed by atoms with van der Waals surface area (Å²) in [5.74, 6) is 0.658. The topological polar surface area (TPSA) is 58.2 Å². The highest BCUT2D eigenvalue weighted by molar-refractivity contribution is 7.13. The molecular formula is C21H19N3O2S2. The van der Waals surface area contributed by atoms with Crippen LogP contribution in [0, 0.1) is 0 Å². The molecule has 28 heavy (non-hydrogen) atoms. The third-order valence-electron chi connectivity index (χ3n) is 4.35. The van der Waals surface area contributed by atoms with E-state index in [0.29, 0.717) is 18.8 Å². The zero-order valence-corrected chi connectivity index (χ0v) is 16.9. The normalized spacial score (nSPS) is 10.8. The van der Waals surface area contributed by atoms with Crippen molar-refractivity contribution in [1.29, 1.82) is 0 Å². The molecule has 1 N–H and O–H groups in total. The fraction of sp³-hybridized carbons (Fsp3) is 0.143. The molecule has 0 aliphatic heterocycles. The largest absolute Gasteiger partial charge is 0.496 e. The average Bonchev–Trinajstić information content (AvgIpc) is 3.49. The number of hydrogen-bond acceptors (Lipinski definition) is 5. The van der Waals surface area contributed by atoms with E-state index in [1.807, 2.05) is 65.4 Å². The smallest absolute Gasteiger partial charge is 0.274 e. The lowest BCUT2D eigenvalue weighted by Crippen LogP contribution is -2.30. The number of benzene rings is 1. The number of para-hydroxylation sites is 1. The second kappa shape index (κ2) is 8.41. The van der Waals surface area contributed by atoms with Gasteiger partial charge in [-0.2, -0.15) is 5.10 Å². The molecular weight excluding hydrogens is 390 g/mol. The van der Waals surface area contributed by atoms with E-state index in [0.717, 1.165) is 26.8 Å². The van der Waals surface area contributed by atoms with Gasteiger partial charge in [0.25, 0.3) is 5.91 Å². The monoisotopic (exact) mass is 409 g/mol. The molecule has 0 saturated heterocycles. The predicted molar refractivity (Wildman–Crippen MR) is 113 cm³/mol. The Labute approximate surface area is 171 Å². The summed E-state index contributed by atoms with van der Waals surface area (Å²) in [6.45, 7) is 0.970. The number of aromatic amines is 1. The highest BCUT2D eigenvalue weighted by atomic mass is 32.1. The Bertz CT molecular complexity index is 1040. The van der Waals surface area contributed by atoms with Crippen LogP contribution in [0.5, 0.6) is 5.75 Å². The Morgan fingerprint density at radius 1 is 1.07 bits per heavy atom. The lowest BCUT2D eigenvalue weighted by atomic mass is 10.1. The Hall–Kier alpha value is -2.90. The lowest BCUT2D eigenvalue weighted by Gasteiger charge is -2.22. The quantitative estimate of drug-likeness (QED) is 0.465. The summed E-state index contributed by atoms with van der Waals surface area (Å²) < 4.78 is 5.46. The van der Waals surface area contributed by atoms with E-state index in [1.54, 1.807) is 34.7 Å². The number of aromatic nitrogens is 2. The molecule has 0 spiro atoms.